The van der Waals surface area contributed by atoms with Crippen LogP contribution in [-0.4, -0.2) is 36.7 Å². The van der Waals surface area contributed by atoms with Crippen LogP contribution in [0.1, 0.15) is 47.7 Å². The standard InChI is InChI=1S/C23H28ClNO5/c1-4-5-9-12-30-21-15(2)20(26)17(14-18(21)24)22(27)25-19(23(28)29-3)13-16-10-7-6-8-11-16/h6-8,10-11,14,19,26H,4-5,9,12-13H2,1-3H3,(H,25,27)/t19-/m0/s1. The third-order valence-electron chi connectivity index (χ3n) is 4.75. The van der Waals surface area contributed by atoms with Crippen LogP contribution in [-0.2, 0) is 16.0 Å². The van der Waals surface area contributed by atoms with Gasteiger partial charge in [0.1, 0.15) is 17.5 Å². The molecule has 0 aliphatic carbocycles. The van der Waals surface area contributed by atoms with E-state index in [4.69, 9.17) is 21.1 Å². The molecule has 0 spiro atoms. The number of halogens is 1. The molecule has 0 fully saturated rings. The van der Waals surface area contributed by atoms with E-state index in [0.29, 0.717) is 17.9 Å². The van der Waals surface area contributed by atoms with Gasteiger partial charge in [-0.2, -0.15) is 0 Å². The Labute approximate surface area is 182 Å². The Balaban J connectivity index is 2.20. The molecule has 6 nitrogen and oxygen atoms in total. The van der Waals surface area contributed by atoms with Crippen molar-refractivity contribution in [2.45, 2.75) is 45.6 Å². The zero-order chi connectivity index (χ0) is 22.1. The number of amides is 1. The Hall–Kier alpha value is -2.73. The number of phenolic OH excluding ortho intramolecular Hbond substituents is 1. The average molecular weight is 434 g/mol. The van der Waals surface area contributed by atoms with Crippen molar-refractivity contribution in [2.24, 2.45) is 0 Å². The van der Waals surface area contributed by atoms with Gasteiger partial charge in [0.05, 0.1) is 24.3 Å². The fourth-order valence-corrected chi connectivity index (χ4v) is 3.35. The molecule has 0 aromatic heterocycles. The molecule has 2 aromatic carbocycles. The predicted octanol–water partition coefficient (Wildman–Crippen LogP) is 4.44. The summed E-state index contributed by atoms with van der Waals surface area (Å²) in [5.74, 6) is -1.08. The highest BCUT2D eigenvalue weighted by Gasteiger charge is 2.26. The molecular formula is C23H28ClNO5. The van der Waals surface area contributed by atoms with E-state index < -0.39 is 17.9 Å². The van der Waals surface area contributed by atoms with Crippen LogP contribution < -0.4 is 10.1 Å². The quantitative estimate of drug-likeness (QED) is 0.427. The molecule has 0 aliphatic heterocycles. The van der Waals surface area contributed by atoms with Crippen LogP contribution in [0.2, 0.25) is 5.02 Å². The summed E-state index contributed by atoms with van der Waals surface area (Å²) in [5, 5.41) is 13.4. The van der Waals surface area contributed by atoms with E-state index in [1.807, 2.05) is 30.3 Å². The molecule has 30 heavy (non-hydrogen) atoms. The predicted molar refractivity (Wildman–Crippen MR) is 116 cm³/mol. The number of unbranched alkanes of at least 4 members (excludes halogenated alkanes) is 2. The lowest BCUT2D eigenvalue weighted by molar-refractivity contribution is -0.142. The second-order valence-corrected chi connectivity index (χ2v) is 7.41. The van der Waals surface area contributed by atoms with Crippen molar-refractivity contribution in [1.82, 2.24) is 5.32 Å². The topological polar surface area (TPSA) is 84.9 Å². The van der Waals surface area contributed by atoms with E-state index >= 15 is 0 Å². The average Bonchev–Trinajstić information content (AvgIpc) is 2.75. The van der Waals surface area contributed by atoms with Crippen molar-refractivity contribution < 1.29 is 24.2 Å². The number of benzene rings is 2. The normalized spacial score (nSPS) is 11.6. The fourth-order valence-electron chi connectivity index (χ4n) is 3.05. The monoisotopic (exact) mass is 433 g/mol. The highest BCUT2D eigenvalue weighted by Crippen LogP contribution is 2.37. The van der Waals surface area contributed by atoms with Gasteiger partial charge < -0.3 is 19.9 Å². The van der Waals surface area contributed by atoms with Gasteiger partial charge in [0.2, 0.25) is 0 Å². The Morgan fingerprint density at radius 2 is 1.90 bits per heavy atom. The lowest BCUT2D eigenvalue weighted by atomic mass is 10.0. The van der Waals surface area contributed by atoms with E-state index in [0.717, 1.165) is 24.8 Å². The van der Waals surface area contributed by atoms with Gasteiger partial charge in [-0.15, -0.1) is 0 Å². The second-order valence-electron chi connectivity index (χ2n) is 7.00. The van der Waals surface area contributed by atoms with E-state index in [9.17, 15) is 14.7 Å². The van der Waals surface area contributed by atoms with Crippen molar-refractivity contribution >= 4 is 23.5 Å². The number of hydrogen-bond acceptors (Lipinski definition) is 5. The van der Waals surface area contributed by atoms with Crippen LogP contribution in [0, 0.1) is 6.92 Å². The van der Waals surface area contributed by atoms with Crippen LogP contribution in [0.5, 0.6) is 11.5 Å². The fraction of sp³-hybridized carbons (Fsp3) is 0.391. The van der Waals surface area contributed by atoms with Crippen molar-refractivity contribution in [3.63, 3.8) is 0 Å². The first-order chi connectivity index (χ1) is 14.4. The first kappa shape index (κ1) is 23.5. The van der Waals surface area contributed by atoms with Gasteiger partial charge in [-0.3, -0.25) is 4.79 Å². The molecule has 2 rings (SSSR count). The van der Waals surface area contributed by atoms with Gasteiger partial charge in [0.25, 0.3) is 5.91 Å². The van der Waals surface area contributed by atoms with E-state index in [1.54, 1.807) is 6.92 Å². The number of carbonyl (C=O) groups is 2. The minimum atomic E-state index is -0.909. The summed E-state index contributed by atoms with van der Waals surface area (Å²) < 4.78 is 10.5. The molecule has 0 unspecified atom stereocenters. The summed E-state index contributed by atoms with van der Waals surface area (Å²) in [5.41, 5.74) is 1.21. The van der Waals surface area contributed by atoms with Gasteiger partial charge in [0, 0.05) is 12.0 Å². The number of ether oxygens (including phenoxy) is 2. The minimum Gasteiger partial charge on any atom is -0.507 e. The van der Waals surface area contributed by atoms with Gasteiger partial charge >= 0.3 is 5.97 Å². The number of methoxy groups -OCH3 is 1. The molecule has 0 bridgehead atoms. The summed E-state index contributed by atoms with van der Waals surface area (Å²) in [4.78, 5) is 25.0. The van der Waals surface area contributed by atoms with Crippen LogP contribution in [0.25, 0.3) is 0 Å². The van der Waals surface area contributed by atoms with Crippen molar-refractivity contribution in [3.8, 4) is 11.5 Å². The van der Waals surface area contributed by atoms with Crippen molar-refractivity contribution in [3.05, 3.63) is 58.1 Å². The Bertz CT molecular complexity index is 870. The van der Waals surface area contributed by atoms with E-state index in [1.165, 1.54) is 13.2 Å². The van der Waals surface area contributed by atoms with Crippen LogP contribution in [0.15, 0.2) is 36.4 Å². The largest absolute Gasteiger partial charge is 0.507 e. The molecule has 2 N–H and O–H groups in total. The second kappa shape index (κ2) is 11.5. The SMILES string of the molecule is CCCCCOc1c(Cl)cc(C(=O)N[C@@H](Cc2ccccc2)C(=O)OC)c(O)c1C. The number of hydrogen-bond donors (Lipinski definition) is 2. The first-order valence-corrected chi connectivity index (χ1v) is 10.3. The molecule has 0 saturated carbocycles. The number of phenols is 1. The summed E-state index contributed by atoms with van der Waals surface area (Å²) in [7, 11) is 1.26. The van der Waals surface area contributed by atoms with E-state index in [2.05, 4.69) is 12.2 Å². The van der Waals surface area contributed by atoms with Gasteiger partial charge in [-0.1, -0.05) is 61.7 Å². The van der Waals surface area contributed by atoms with Crippen LogP contribution in [0.3, 0.4) is 0 Å². The zero-order valence-corrected chi connectivity index (χ0v) is 18.3. The van der Waals surface area contributed by atoms with Crippen molar-refractivity contribution in [2.75, 3.05) is 13.7 Å². The third kappa shape index (κ3) is 6.13. The minimum absolute atomic E-state index is 0.0274. The number of rotatable bonds is 10. The number of nitrogens with one attached hydrogen (secondary N) is 1. The van der Waals surface area contributed by atoms with E-state index in [-0.39, 0.29) is 22.8 Å². The third-order valence-corrected chi connectivity index (χ3v) is 5.03. The summed E-state index contributed by atoms with van der Waals surface area (Å²) in [6, 6.07) is 9.71. The van der Waals surface area contributed by atoms with Gasteiger partial charge in [0.15, 0.2) is 0 Å². The lowest BCUT2D eigenvalue weighted by Gasteiger charge is -2.19. The maximum absolute atomic E-state index is 12.8. The lowest BCUT2D eigenvalue weighted by Crippen LogP contribution is -2.43. The number of carbonyl (C=O) groups excluding carboxylic acids is 2. The molecule has 7 heteroatoms. The van der Waals surface area contributed by atoms with Crippen molar-refractivity contribution in [1.29, 1.82) is 0 Å². The first-order valence-electron chi connectivity index (χ1n) is 9.96. The van der Waals surface area contributed by atoms with Gasteiger partial charge in [-0.25, -0.2) is 4.79 Å². The van der Waals surface area contributed by atoms with Gasteiger partial charge in [-0.05, 0) is 25.0 Å². The summed E-state index contributed by atoms with van der Waals surface area (Å²) >= 11 is 6.31. The highest BCUT2D eigenvalue weighted by molar-refractivity contribution is 6.32. The Kier molecular flexibility index (Phi) is 8.99. The molecule has 0 heterocycles. The molecular weight excluding hydrogens is 406 g/mol. The summed E-state index contributed by atoms with van der Waals surface area (Å²) in [6.45, 7) is 4.20. The molecule has 0 aliphatic rings. The molecule has 0 saturated heterocycles. The number of esters is 1. The van der Waals surface area contributed by atoms with Crippen LogP contribution in [0.4, 0.5) is 0 Å². The molecule has 0 radical (unpaired) electrons. The summed E-state index contributed by atoms with van der Waals surface area (Å²) in [6.07, 6.45) is 3.21. The molecule has 2 aromatic rings. The maximum atomic E-state index is 12.8. The molecule has 162 valence electrons. The highest BCUT2D eigenvalue weighted by atomic mass is 35.5. The Morgan fingerprint density at radius 3 is 2.53 bits per heavy atom. The zero-order valence-electron chi connectivity index (χ0n) is 17.5. The number of aromatic hydroxyl groups is 1. The molecule has 1 atom stereocenters. The maximum Gasteiger partial charge on any atom is 0.328 e. The molecule has 1 amide bonds. The Morgan fingerprint density at radius 1 is 1.20 bits per heavy atom. The smallest absolute Gasteiger partial charge is 0.328 e. The van der Waals surface area contributed by atoms with Crippen LogP contribution >= 0.6 is 11.6 Å².